The minimum absolute atomic E-state index is 0.00229. The lowest BCUT2D eigenvalue weighted by Gasteiger charge is -2.25. The summed E-state index contributed by atoms with van der Waals surface area (Å²) < 4.78 is 63.6. The van der Waals surface area contributed by atoms with Crippen LogP contribution in [0.5, 0.6) is 0 Å². The van der Waals surface area contributed by atoms with E-state index in [1.165, 1.54) is 12.1 Å². The monoisotopic (exact) mass is 337 g/mol. The SMILES string of the molecule is O=S(=O)(CC1CCC1)NCC(O)c1cccc(C(F)(F)F)c1. The van der Waals surface area contributed by atoms with Gasteiger partial charge in [-0.25, -0.2) is 13.1 Å². The van der Waals surface area contributed by atoms with Crippen molar-refractivity contribution in [3.8, 4) is 0 Å². The van der Waals surface area contributed by atoms with E-state index in [1.54, 1.807) is 0 Å². The third-order valence-corrected chi connectivity index (χ3v) is 5.29. The number of benzene rings is 1. The Labute approximate surface area is 127 Å². The highest BCUT2D eigenvalue weighted by Crippen LogP contribution is 2.31. The van der Waals surface area contributed by atoms with Crippen LogP contribution in [0.25, 0.3) is 0 Å². The summed E-state index contributed by atoms with van der Waals surface area (Å²) in [6.45, 7) is -0.337. The fraction of sp³-hybridized carbons (Fsp3) is 0.571. The molecule has 4 nitrogen and oxygen atoms in total. The van der Waals surface area contributed by atoms with Gasteiger partial charge in [-0.1, -0.05) is 18.6 Å². The average Bonchev–Trinajstić information content (AvgIpc) is 2.40. The fourth-order valence-electron chi connectivity index (χ4n) is 2.27. The zero-order chi connectivity index (χ0) is 16.4. The summed E-state index contributed by atoms with van der Waals surface area (Å²) in [4.78, 5) is 0. The van der Waals surface area contributed by atoms with Crippen LogP contribution in [0.15, 0.2) is 24.3 Å². The lowest BCUT2D eigenvalue weighted by molar-refractivity contribution is -0.137. The number of hydrogen-bond acceptors (Lipinski definition) is 3. The standard InChI is InChI=1S/C14H18F3NO3S/c15-14(16,17)12-6-2-5-11(7-12)13(19)8-18-22(20,21)9-10-3-1-4-10/h2,5-7,10,13,18-19H,1,3-4,8-9H2. The molecule has 0 bridgehead atoms. The summed E-state index contributed by atoms with van der Waals surface area (Å²) in [5.41, 5.74) is -0.845. The molecule has 1 aliphatic rings. The molecule has 1 aromatic carbocycles. The van der Waals surface area contributed by atoms with Gasteiger partial charge in [-0.05, 0) is 36.5 Å². The Balaban J connectivity index is 1.95. The molecule has 1 unspecified atom stereocenters. The minimum atomic E-state index is -4.50. The van der Waals surface area contributed by atoms with Crippen molar-refractivity contribution in [2.45, 2.75) is 31.5 Å². The molecule has 1 saturated carbocycles. The van der Waals surface area contributed by atoms with Crippen molar-refractivity contribution < 1.29 is 26.7 Å². The minimum Gasteiger partial charge on any atom is -0.387 e. The van der Waals surface area contributed by atoms with Crippen LogP contribution in [-0.4, -0.2) is 25.8 Å². The van der Waals surface area contributed by atoms with Crippen molar-refractivity contribution in [2.75, 3.05) is 12.3 Å². The Hall–Kier alpha value is -1.12. The molecule has 124 valence electrons. The van der Waals surface area contributed by atoms with E-state index < -0.39 is 27.9 Å². The summed E-state index contributed by atoms with van der Waals surface area (Å²) in [5, 5.41) is 9.89. The molecule has 2 rings (SSSR count). The van der Waals surface area contributed by atoms with Crippen molar-refractivity contribution in [1.82, 2.24) is 4.72 Å². The Morgan fingerprint density at radius 1 is 1.32 bits per heavy atom. The van der Waals surface area contributed by atoms with Crippen molar-refractivity contribution in [3.63, 3.8) is 0 Å². The molecular formula is C14H18F3NO3S. The maximum atomic E-state index is 12.6. The van der Waals surface area contributed by atoms with E-state index in [9.17, 15) is 26.7 Å². The topological polar surface area (TPSA) is 66.4 Å². The number of aliphatic hydroxyl groups is 1. The quantitative estimate of drug-likeness (QED) is 0.838. The molecule has 1 atom stereocenters. The number of aliphatic hydroxyl groups excluding tert-OH is 1. The molecule has 2 N–H and O–H groups in total. The second-order valence-corrected chi connectivity index (χ2v) is 7.42. The van der Waals surface area contributed by atoms with Crippen LogP contribution in [0.1, 0.15) is 36.5 Å². The second kappa shape index (κ2) is 6.55. The Bertz CT molecular complexity index is 612. The second-order valence-electron chi connectivity index (χ2n) is 5.57. The van der Waals surface area contributed by atoms with Gasteiger partial charge >= 0.3 is 6.18 Å². The van der Waals surface area contributed by atoms with Gasteiger partial charge in [0.25, 0.3) is 0 Å². The molecule has 8 heteroatoms. The first-order valence-electron chi connectivity index (χ1n) is 7.00. The van der Waals surface area contributed by atoms with E-state index in [4.69, 9.17) is 0 Å². The summed E-state index contributed by atoms with van der Waals surface area (Å²) in [5.74, 6) is 0.144. The Morgan fingerprint density at radius 2 is 2.00 bits per heavy atom. The first kappa shape index (κ1) is 17.2. The molecule has 0 amide bonds. The highest BCUT2D eigenvalue weighted by molar-refractivity contribution is 7.89. The molecule has 0 heterocycles. The number of alkyl halides is 3. The average molecular weight is 337 g/mol. The van der Waals surface area contributed by atoms with Gasteiger partial charge in [0.1, 0.15) is 0 Å². The van der Waals surface area contributed by atoms with Crippen LogP contribution in [0.2, 0.25) is 0 Å². The zero-order valence-corrected chi connectivity index (χ0v) is 12.6. The van der Waals surface area contributed by atoms with E-state index in [-0.39, 0.29) is 23.8 Å². The highest BCUT2D eigenvalue weighted by atomic mass is 32.2. The molecule has 1 fully saturated rings. The van der Waals surface area contributed by atoms with E-state index in [2.05, 4.69) is 4.72 Å². The number of halogens is 3. The first-order chi connectivity index (χ1) is 10.2. The summed E-state index contributed by atoms with van der Waals surface area (Å²) >= 11 is 0. The zero-order valence-electron chi connectivity index (χ0n) is 11.8. The largest absolute Gasteiger partial charge is 0.416 e. The predicted molar refractivity (Wildman–Crippen MR) is 75.5 cm³/mol. The molecule has 0 aliphatic heterocycles. The smallest absolute Gasteiger partial charge is 0.387 e. The lowest BCUT2D eigenvalue weighted by Crippen LogP contribution is -2.34. The summed E-state index contributed by atoms with van der Waals surface area (Å²) in [6.07, 6.45) is -3.06. The van der Waals surface area contributed by atoms with Crippen molar-refractivity contribution in [2.24, 2.45) is 5.92 Å². The molecule has 0 saturated heterocycles. The molecule has 1 aliphatic carbocycles. The number of nitrogens with one attached hydrogen (secondary N) is 1. The Kier molecular flexibility index (Phi) is 5.14. The maximum Gasteiger partial charge on any atom is 0.416 e. The molecule has 1 aromatic rings. The van der Waals surface area contributed by atoms with E-state index >= 15 is 0 Å². The molecule has 0 aromatic heterocycles. The van der Waals surface area contributed by atoms with Crippen LogP contribution < -0.4 is 4.72 Å². The van der Waals surface area contributed by atoms with Crippen LogP contribution in [0, 0.1) is 5.92 Å². The third kappa shape index (κ3) is 4.69. The van der Waals surface area contributed by atoms with E-state index in [0.29, 0.717) is 0 Å². The van der Waals surface area contributed by atoms with Gasteiger partial charge in [-0.2, -0.15) is 13.2 Å². The van der Waals surface area contributed by atoms with Gasteiger partial charge in [0, 0.05) is 6.54 Å². The van der Waals surface area contributed by atoms with Gasteiger partial charge in [0.2, 0.25) is 10.0 Å². The molecule has 22 heavy (non-hydrogen) atoms. The predicted octanol–water partition coefficient (Wildman–Crippen LogP) is 2.46. The molecule has 0 spiro atoms. The summed E-state index contributed by atoms with van der Waals surface area (Å²) in [7, 11) is -3.52. The highest BCUT2D eigenvalue weighted by Gasteiger charge is 2.31. The van der Waals surface area contributed by atoms with Gasteiger partial charge in [-0.3, -0.25) is 0 Å². The number of rotatable bonds is 6. The first-order valence-corrected chi connectivity index (χ1v) is 8.65. The molecular weight excluding hydrogens is 319 g/mol. The van der Waals surface area contributed by atoms with Crippen molar-refractivity contribution in [1.29, 1.82) is 0 Å². The normalized spacial score (nSPS) is 18.0. The van der Waals surface area contributed by atoms with E-state index in [0.717, 1.165) is 31.4 Å². The van der Waals surface area contributed by atoms with Crippen LogP contribution in [-0.2, 0) is 16.2 Å². The van der Waals surface area contributed by atoms with Crippen molar-refractivity contribution >= 4 is 10.0 Å². The van der Waals surface area contributed by atoms with Crippen LogP contribution in [0.3, 0.4) is 0 Å². The van der Waals surface area contributed by atoms with Crippen LogP contribution in [0.4, 0.5) is 13.2 Å². The Morgan fingerprint density at radius 3 is 2.55 bits per heavy atom. The van der Waals surface area contributed by atoms with Gasteiger partial charge < -0.3 is 5.11 Å². The number of sulfonamides is 1. The number of hydrogen-bond donors (Lipinski definition) is 2. The van der Waals surface area contributed by atoms with Crippen LogP contribution >= 0.6 is 0 Å². The van der Waals surface area contributed by atoms with E-state index in [1.807, 2.05) is 0 Å². The van der Waals surface area contributed by atoms with Gasteiger partial charge in [0.05, 0.1) is 17.4 Å². The maximum absolute atomic E-state index is 12.6. The van der Waals surface area contributed by atoms with Gasteiger partial charge in [-0.15, -0.1) is 0 Å². The fourth-order valence-corrected chi connectivity index (χ4v) is 3.76. The van der Waals surface area contributed by atoms with Gasteiger partial charge in [0.15, 0.2) is 0 Å². The van der Waals surface area contributed by atoms with Crippen molar-refractivity contribution in [3.05, 3.63) is 35.4 Å². The summed E-state index contributed by atoms with van der Waals surface area (Å²) in [6, 6.07) is 4.24. The lowest BCUT2D eigenvalue weighted by atomic mass is 9.87. The third-order valence-electron chi connectivity index (χ3n) is 3.78. The molecule has 0 radical (unpaired) electrons.